The maximum Gasteiger partial charge on any atom is 0.191 e. The van der Waals surface area contributed by atoms with Crippen LogP contribution in [0.2, 0.25) is 0 Å². The highest BCUT2D eigenvalue weighted by atomic mass is 16.5. The molecule has 27 heavy (non-hydrogen) atoms. The molecule has 1 heterocycles. The molecule has 0 amide bonds. The molecule has 2 N–H and O–H groups in total. The maximum atomic E-state index is 5.55. The van der Waals surface area contributed by atoms with Gasteiger partial charge in [-0.2, -0.15) is 0 Å². The third kappa shape index (κ3) is 9.26. The molecule has 0 radical (unpaired) electrons. The van der Waals surface area contributed by atoms with Gasteiger partial charge in [0.05, 0.1) is 13.2 Å². The van der Waals surface area contributed by atoms with Crippen LogP contribution in [0.4, 0.5) is 0 Å². The molecule has 160 valence electrons. The number of rotatable bonds is 12. The van der Waals surface area contributed by atoms with Crippen molar-refractivity contribution in [2.45, 2.75) is 65.5 Å². The third-order valence-electron chi connectivity index (χ3n) is 5.92. The van der Waals surface area contributed by atoms with Gasteiger partial charge in [0.1, 0.15) is 0 Å². The SMILES string of the molecule is CCC(CC)C(CNC(=NC)NCCCCN(C)C(C)C)N1CCOCC1. The van der Waals surface area contributed by atoms with Crippen LogP contribution in [0.15, 0.2) is 4.99 Å². The van der Waals surface area contributed by atoms with Crippen LogP contribution in [0.1, 0.15) is 53.4 Å². The normalized spacial score (nSPS) is 17.7. The molecule has 1 saturated heterocycles. The zero-order chi connectivity index (χ0) is 20.1. The van der Waals surface area contributed by atoms with Crippen molar-refractivity contribution in [3.05, 3.63) is 0 Å². The molecule has 0 aromatic carbocycles. The van der Waals surface area contributed by atoms with E-state index in [0.29, 0.717) is 18.0 Å². The number of hydrogen-bond donors (Lipinski definition) is 2. The lowest BCUT2D eigenvalue weighted by Crippen LogP contribution is -2.53. The van der Waals surface area contributed by atoms with Crippen molar-refractivity contribution in [1.29, 1.82) is 0 Å². The molecule has 1 aliphatic rings. The topological polar surface area (TPSA) is 52.1 Å². The third-order valence-corrected chi connectivity index (χ3v) is 5.92. The van der Waals surface area contributed by atoms with E-state index >= 15 is 0 Å². The van der Waals surface area contributed by atoms with Crippen molar-refractivity contribution in [3.8, 4) is 0 Å². The molecule has 0 aliphatic carbocycles. The van der Waals surface area contributed by atoms with E-state index < -0.39 is 0 Å². The first-order chi connectivity index (χ1) is 13.0. The maximum absolute atomic E-state index is 5.55. The van der Waals surface area contributed by atoms with E-state index in [2.05, 4.69) is 60.2 Å². The molecule has 0 bridgehead atoms. The van der Waals surface area contributed by atoms with Gasteiger partial charge in [-0.1, -0.05) is 26.7 Å². The first-order valence-electron chi connectivity index (χ1n) is 11.0. The van der Waals surface area contributed by atoms with Crippen LogP contribution in [0.5, 0.6) is 0 Å². The van der Waals surface area contributed by atoms with Crippen LogP contribution >= 0.6 is 0 Å². The zero-order valence-corrected chi connectivity index (χ0v) is 18.8. The number of guanidine groups is 1. The summed E-state index contributed by atoms with van der Waals surface area (Å²) < 4.78 is 5.55. The van der Waals surface area contributed by atoms with E-state index in [1.54, 1.807) is 0 Å². The summed E-state index contributed by atoms with van der Waals surface area (Å²) >= 11 is 0. The number of morpholine rings is 1. The second-order valence-corrected chi connectivity index (χ2v) is 7.95. The van der Waals surface area contributed by atoms with Crippen molar-refractivity contribution in [2.75, 3.05) is 60.0 Å². The Bertz CT molecular complexity index is 392. The smallest absolute Gasteiger partial charge is 0.191 e. The molecular formula is C21H45N5O. The first kappa shape index (κ1) is 24.2. The largest absolute Gasteiger partial charge is 0.379 e. The molecule has 1 atom stereocenters. The number of unbranched alkanes of at least 4 members (excludes halogenated alkanes) is 1. The Morgan fingerprint density at radius 1 is 1.11 bits per heavy atom. The summed E-state index contributed by atoms with van der Waals surface area (Å²) in [5.41, 5.74) is 0. The summed E-state index contributed by atoms with van der Waals surface area (Å²) in [4.78, 5) is 9.42. The van der Waals surface area contributed by atoms with Gasteiger partial charge < -0.3 is 20.3 Å². The molecule has 0 spiro atoms. The van der Waals surface area contributed by atoms with Crippen LogP contribution in [0.3, 0.4) is 0 Å². The first-order valence-corrected chi connectivity index (χ1v) is 11.0. The fraction of sp³-hybridized carbons (Fsp3) is 0.952. The Hall–Kier alpha value is -0.850. The van der Waals surface area contributed by atoms with Crippen molar-refractivity contribution < 1.29 is 4.74 Å². The fourth-order valence-corrected chi connectivity index (χ4v) is 3.71. The van der Waals surface area contributed by atoms with E-state index in [4.69, 9.17) is 4.74 Å². The van der Waals surface area contributed by atoms with E-state index in [1.807, 2.05) is 7.05 Å². The summed E-state index contributed by atoms with van der Waals surface area (Å²) in [5.74, 6) is 1.64. The van der Waals surface area contributed by atoms with Crippen LogP contribution in [-0.4, -0.2) is 87.9 Å². The lowest BCUT2D eigenvalue weighted by Gasteiger charge is -2.39. The molecule has 6 heteroatoms. The molecule has 1 unspecified atom stereocenters. The van der Waals surface area contributed by atoms with Crippen molar-refractivity contribution >= 4 is 5.96 Å². The predicted octanol–water partition coefficient (Wildman–Crippen LogP) is 2.41. The minimum Gasteiger partial charge on any atom is -0.379 e. The molecule has 0 aromatic heterocycles. The van der Waals surface area contributed by atoms with Crippen molar-refractivity contribution in [1.82, 2.24) is 20.4 Å². The molecule has 1 aliphatic heterocycles. The van der Waals surface area contributed by atoms with Gasteiger partial charge in [0.25, 0.3) is 0 Å². The van der Waals surface area contributed by atoms with E-state index in [9.17, 15) is 0 Å². The number of nitrogens with one attached hydrogen (secondary N) is 2. The summed E-state index contributed by atoms with van der Waals surface area (Å²) in [6, 6.07) is 1.16. The number of hydrogen-bond acceptors (Lipinski definition) is 4. The zero-order valence-electron chi connectivity index (χ0n) is 18.8. The van der Waals surface area contributed by atoms with Crippen molar-refractivity contribution in [3.63, 3.8) is 0 Å². The molecule has 0 saturated carbocycles. The average Bonchev–Trinajstić information content (AvgIpc) is 2.69. The molecule has 6 nitrogen and oxygen atoms in total. The molecular weight excluding hydrogens is 338 g/mol. The summed E-state index contributed by atoms with van der Waals surface area (Å²) in [6.07, 6.45) is 4.81. The summed E-state index contributed by atoms with van der Waals surface area (Å²) in [7, 11) is 4.06. The second kappa shape index (κ2) is 14.2. The van der Waals surface area contributed by atoms with Crippen LogP contribution in [-0.2, 0) is 4.74 Å². The van der Waals surface area contributed by atoms with Gasteiger partial charge in [0, 0.05) is 45.3 Å². The van der Waals surface area contributed by atoms with Gasteiger partial charge in [-0.3, -0.25) is 9.89 Å². The van der Waals surface area contributed by atoms with Gasteiger partial charge in [0.15, 0.2) is 5.96 Å². The molecule has 1 rings (SSSR count). The van der Waals surface area contributed by atoms with Gasteiger partial charge >= 0.3 is 0 Å². The Morgan fingerprint density at radius 2 is 1.78 bits per heavy atom. The Balaban J connectivity index is 2.40. The van der Waals surface area contributed by atoms with E-state index in [1.165, 1.54) is 19.3 Å². The lowest BCUT2D eigenvalue weighted by molar-refractivity contribution is 0.00272. The summed E-state index contributed by atoms with van der Waals surface area (Å²) in [5, 5.41) is 7.06. The minimum atomic E-state index is 0.544. The van der Waals surface area contributed by atoms with E-state index in [-0.39, 0.29) is 0 Å². The quantitative estimate of drug-likeness (QED) is 0.308. The van der Waals surface area contributed by atoms with Crippen LogP contribution < -0.4 is 10.6 Å². The molecule has 1 fully saturated rings. The highest BCUT2D eigenvalue weighted by molar-refractivity contribution is 5.79. The average molecular weight is 384 g/mol. The standard InChI is InChI=1S/C21H45N5O/c1-7-19(8-2)20(26-13-15-27-16-14-26)17-24-21(22-5)23-11-9-10-12-25(6)18(3)4/h18-20H,7-17H2,1-6H3,(H2,22,23,24). The predicted molar refractivity (Wildman–Crippen MR) is 117 cm³/mol. The fourth-order valence-electron chi connectivity index (χ4n) is 3.71. The van der Waals surface area contributed by atoms with Gasteiger partial charge in [-0.05, 0) is 46.2 Å². The minimum absolute atomic E-state index is 0.544. The summed E-state index contributed by atoms with van der Waals surface area (Å²) in [6.45, 7) is 16.0. The van der Waals surface area contributed by atoms with Crippen LogP contribution in [0, 0.1) is 5.92 Å². The molecule has 0 aromatic rings. The van der Waals surface area contributed by atoms with Crippen molar-refractivity contribution in [2.24, 2.45) is 10.9 Å². The van der Waals surface area contributed by atoms with Gasteiger partial charge in [0.2, 0.25) is 0 Å². The van der Waals surface area contributed by atoms with Gasteiger partial charge in [-0.25, -0.2) is 0 Å². The highest BCUT2D eigenvalue weighted by Crippen LogP contribution is 2.19. The second-order valence-electron chi connectivity index (χ2n) is 7.95. The highest BCUT2D eigenvalue weighted by Gasteiger charge is 2.26. The Labute approximate surface area is 168 Å². The van der Waals surface area contributed by atoms with Crippen LogP contribution in [0.25, 0.3) is 0 Å². The Kier molecular flexibility index (Phi) is 12.7. The Morgan fingerprint density at radius 3 is 2.33 bits per heavy atom. The number of nitrogens with zero attached hydrogens (tertiary/aromatic N) is 3. The number of ether oxygens (including phenoxy) is 1. The van der Waals surface area contributed by atoms with E-state index in [0.717, 1.165) is 58.3 Å². The lowest BCUT2D eigenvalue weighted by atomic mass is 9.92. The monoisotopic (exact) mass is 383 g/mol. The number of aliphatic imine (C=N–C) groups is 1. The van der Waals surface area contributed by atoms with Gasteiger partial charge in [-0.15, -0.1) is 0 Å².